The number of rotatable bonds is 6. The summed E-state index contributed by atoms with van der Waals surface area (Å²) in [5, 5.41) is 0. The van der Waals surface area contributed by atoms with Crippen molar-refractivity contribution in [2.45, 2.75) is 52.1 Å². The number of carbonyl (C=O) groups excluding carboxylic acids is 2. The van der Waals surface area contributed by atoms with E-state index in [0.29, 0.717) is 25.8 Å². The molecule has 1 aliphatic carbocycles. The van der Waals surface area contributed by atoms with E-state index in [2.05, 4.69) is 0 Å². The number of esters is 1. The van der Waals surface area contributed by atoms with Gasteiger partial charge in [-0.2, -0.15) is 13.2 Å². The molecule has 0 saturated heterocycles. The highest BCUT2D eigenvalue weighted by atomic mass is 19.4. The van der Waals surface area contributed by atoms with Crippen LogP contribution in [0.4, 0.5) is 13.2 Å². The minimum absolute atomic E-state index is 0.0823. The normalized spacial score (nSPS) is 22.2. The fourth-order valence-electron chi connectivity index (χ4n) is 2.87. The number of hydrogen-bond acceptors (Lipinski definition) is 3. The summed E-state index contributed by atoms with van der Waals surface area (Å²) in [6, 6.07) is 0. The molecule has 0 aromatic heterocycles. The molecule has 1 aliphatic rings. The van der Waals surface area contributed by atoms with E-state index in [1.54, 1.807) is 6.92 Å². The number of amides is 1. The fraction of sp³-hybridized carbons (Fsp3) is 0.867. The summed E-state index contributed by atoms with van der Waals surface area (Å²) < 4.78 is 43.3. The van der Waals surface area contributed by atoms with Crippen LogP contribution in [0.5, 0.6) is 0 Å². The molecule has 22 heavy (non-hydrogen) atoms. The number of hydrogen-bond donors (Lipinski definition) is 0. The van der Waals surface area contributed by atoms with E-state index in [1.165, 1.54) is 4.90 Å². The van der Waals surface area contributed by atoms with Gasteiger partial charge in [0.15, 0.2) is 0 Å². The molecule has 0 heterocycles. The van der Waals surface area contributed by atoms with Crippen LogP contribution < -0.4 is 0 Å². The van der Waals surface area contributed by atoms with Crippen LogP contribution in [-0.2, 0) is 14.3 Å². The monoisotopic (exact) mass is 323 g/mol. The van der Waals surface area contributed by atoms with Gasteiger partial charge in [0.1, 0.15) is 6.54 Å². The SMILES string of the molecule is CCCN(CC(=O)OCC)C(=O)C1CCCC(C(F)(F)F)C1. The van der Waals surface area contributed by atoms with Crippen LogP contribution >= 0.6 is 0 Å². The molecule has 2 atom stereocenters. The minimum Gasteiger partial charge on any atom is -0.465 e. The lowest BCUT2D eigenvalue weighted by molar-refractivity contribution is -0.187. The van der Waals surface area contributed by atoms with Gasteiger partial charge >= 0.3 is 12.1 Å². The molecule has 4 nitrogen and oxygen atoms in total. The van der Waals surface area contributed by atoms with E-state index in [9.17, 15) is 22.8 Å². The predicted molar refractivity (Wildman–Crippen MR) is 75.0 cm³/mol. The van der Waals surface area contributed by atoms with Crippen molar-refractivity contribution in [3.05, 3.63) is 0 Å². The quantitative estimate of drug-likeness (QED) is 0.706. The zero-order valence-electron chi connectivity index (χ0n) is 13.1. The third kappa shape index (κ3) is 5.50. The number of alkyl halides is 3. The first-order valence-corrected chi connectivity index (χ1v) is 7.80. The Morgan fingerprint density at radius 3 is 2.45 bits per heavy atom. The second kappa shape index (κ2) is 8.39. The molecule has 0 spiro atoms. The first-order valence-electron chi connectivity index (χ1n) is 7.80. The summed E-state index contributed by atoms with van der Waals surface area (Å²) in [5.74, 6) is -2.95. The van der Waals surface area contributed by atoms with Gasteiger partial charge in [-0.1, -0.05) is 13.3 Å². The minimum atomic E-state index is -4.25. The Hall–Kier alpha value is -1.27. The van der Waals surface area contributed by atoms with Crippen LogP contribution in [0.25, 0.3) is 0 Å². The maximum atomic E-state index is 12.8. The number of nitrogens with zero attached hydrogens (tertiary/aromatic N) is 1. The zero-order valence-corrected chi connectivity index (χ0v) is 13.1. The molecular formula is C15H24F3NO3. The third-order valence-electron chi connectivity index (χ3n) is 3.92. The van der Waals surface area contributed by atoms with Crippen LogP contribution in [0.2, 0.25) is 0 Å². The van der Waals surface area contributed by atoms with Crippen molar-refractivity contribution < 1.29 is 27.5 Å². The van der Waals surface area contributed by atoms with Crippen molar-refractivity contribution in [2.75, 3.05) is 19.7 Å². The first-order chi connectivity index (χ1) is 10.3. The Balaban J connectivity index is 2.70. The lowest BCUT2D eigenvalue weighted by Crippen LogP contribution is -2.43. The van der Waals surface area contributed by atoms with Crippen LogP contribution in [0.1, 0.15) is 46.0 Å². The van der Waals surface area contributed by atoms with Crippen molar-refractivity contribution in [1.29, 1.82) is 0 Å². The second-order valence-electron chi connectivity index (χ2n) is 5.67. The highest BCUT2D eigenvalue weighted by molar-refractivity contribution is 5.83. The molecule has 0 aromatic carbocycles. The van der Waals surface area contributed by atoms with Gasteiger partial charge in [0.05, 0.1) is 12.5 Å². The van der Waals surface area contributed by atoms with Crippen LogP contribution in [0.15, 0.2) is 0 Å². The lowest BCUT2D eigenvalue weighted by atomic mass is 9.80. The van der Waals surface area contributed by atoms with Crippen molar-refractivity contribution in [1.82, 2.24) is 4.90 Å². The topological polar surface area (TPSA) is 46.6 Å². The Morgan fingerprint density at radius 2 is 1.91 bits per heavy atom. The largest absolute Gasteiger partial charge is 0.465 e. The number of ether oxygens (including phenoxy) is 1. The van der Waals surface area contributed by atoms with Gasteiger partial charge in [0.25, 0.3) is 0 Å². The van der Waals surface area contributed by atoms with Crippen molar-refractivity contribution in [2.24, 2.45) is 11.8 Å². The van der Waals surface area contributed by atoms with Crippen molar-refractivity contribution >= 4 is 11.9 Å². The van der Waals surface area contributed by atoms with Crippen molar-refractivity contribution in [3.63, 3.8) is 0 Å². The molecule has 0 N–H and O–H groups in total. The summed E-state index contributed by atoms with van der Waals surface area (Å²) in [6.07, 6.45) is -2.87. The van der Waals surface area contributed by atoms with Crippen LogP contribution in [0, 0.1) is 11.8 Å². The van der Waals surface area contributed by atoms with E-state index in [1.807, 2.05) is 6.92 Å². The average Bonchev–Trinajstić information content (AvgIpc) is 2.45. The van der Waals surface area contributed by atoms with E-state index in [4.69, 9.17) is 4.74 Å². The predicted octanol–water partition coefficient (Wildman–Crippen LogP) is 3.16. The molecule has 0 aliphatic heterocycles. The Morgan fingerprint density at radius 1 is 1.23 bits per heavy atom. The van der Waals surface area contributed by atoms with E-state index < -0.39 is 24.0 Å². The summed E-state index contributed by atoms with van der Waals surface area (Å²) >= 11 is 0. The maximum absolute atomic E-state index is 12.8. The highest BCUT2D eigenvalue weighted by Crippen LogP contribution is 2.40. The Labute approximate surface area is 129 Å². The van der Waals surface area contributed by atoms with Crippen LogP contribution in [0.3, 0.4) is 0 Å². The molecule has 1 amide bonds. The standard InChI is InChI=1S/C15H24F3NO3/c1-3-8-19(10-13(20)22-4-2)14(21)11-6-5-7-12(9-11)15(16,17)18/h11-12H,3-10H2,1-2H3. The molecule has 1 fully saturated rings. The van der Waals surface area contributed by atoms with Gasteiger partial charge in [-0.05, 0) is 32.6 Å². The van der Waals surface area contributed by atoms with Gasteiger partial charge < -0.3 is 9.64 Å². The molecular weight excluding hydrogens is 299 g/mol. The summed E-state index contributed by atoms with van der Waals surface area (Å²) in [5.41, 5.74) is 0. The second-order valence-corrected chi connectivity index (χ2v) is 5.67. The Kier molecular flexibility index (Phi) is 7.16. The molecule has 0 radical (unpaired) electrons. The molecule has 0 aromatic rings. The Bertz CT molecular complexity index is 385. The van der Waals surface area contributed by atoms with Gasteiger partial charge in [0.2, 0.25) is 5.91 Å². The summed E-state index contributed by atoms with van der Waals surface area (Å²) in [7, 11) is 0. The van der Waals surface area contributed by atoms with E-state index in [-0.39, 0.29) is 31.9 Å². The first kappa shape index (κ1) is 18.8. The molecule has 2 unspecified atom stereocenters. The average molecular weight is 323 g/mol. The van der Waals surface area contributed by atoms with E-state index >= 15 is 0 Å². The smallest absolute Gasteiger partial charge is 0.391 e. The summed E-state index contributed by atoms with van der Waals surface area (Å²) in [4.78, 5) is 25.3. The van der Waals surface area contributed by atoms with Gasteiger partial charge in [0, 0.05) is 12.5 Å². The van der Waals surface area contributed by atoms with Crippen LogP contribution in [-0.4, -0.2) is 42.6 Å². The summed E-state index contributed by atoms with van der Waals surface area (Å²) in [6.45, 7) is 3.90. The molecule has 128 valence electrons. The number of halogens is 3. The van der Waals surface area contributed by atoms with Crippen molar-refractivity contribution in [3.8, 4) is 0 Å². The molecule has 0 bridgehead atoms. The number of carbonyl (C=O) groups is 2. The maximum Gasteiger partial charge on any atom is 0.391 e. The van der Waals surface area contributed by atoms with Gasteiger partial charge in [-0.25, -0.2) is 0 Å². The van der Waals surface area contributed by atoms with Gasteiger partial charge in [-0.15, -0.1) is 0 Å². The molecule has 1 rings (SSSR count). The van der Waals surface area contributed by atoms with E-state index in [0.717, 1.165) is 0 Å². The molecule has 1 saturated carbocycles. The molecule has 7 heteroatoms. The zero-order chi connectivity index (χ0) is 16.8. The highest BCUT2D eigenvalue weighted by Gasteiger charge is 2.44. The fourth-order valence-corrected chi connectivity index (χ4v) is 2.87. The lowest BCUT2D eigenvalue weighted by Gasteiger charge is -2.33. The van der Waals surface area contributed by atoms with Gasteiger partial charge in [-0.3, -0.25) is 9.59 Å². The third-order valence-corrected chi connectivity index (χ3v) is 3.92.